The van der Waals surface area contributed by atoms with E-state index in [1.807, 2.05) is 0 Å². The van der Waals surface area contributed by atoms with Gasteiger partial charge in [0, 0.05) is 11.4 Å². The van der Waals surface area contributed by atoms with Crippen LogP contribution in [-0.4, -0.2) is 23.4 Å². The molecule has 27 heavy (non-hydrogen) atoms. The quantitative estimate of drug-likeness (QED) is 0.589. The Morgan fingerprint density at radius 1 is 0.852 bits per heavy atom. The van der Waals surface area contributed by atoms with Gasteiger partial charge in [-0.15, -0.1) is 11.3 Å². The predicted octanol–water partition coefficient (Wildman–Crippen LogP) is 3.38. The average Bonchev–Trinajstić information content (AvgIpc) is 3.17. The molecule has 1 heterocycles. The summed E-state index contributed by atoms with van der Waals surface area (Å²) in [6, 6.07) is 15.5. The van der Waals surface area contributed by atoms with Gasteiger partial charge in [0.05, 0.1) is 9.79 Å². The lowest BCUT2D eigenvalue weighted by molar-refractivity contribution is 0.569. The highest BCUT2D eigenvalue weighted by Crippen LogP contribution is 2.31. The lowest BCUT2D eigenvalue weighted by Gasteiger charge is -2.17. The van der Waals surface area contributed by atoms with Crippen LogP contribution in [0.25, 0.3) is 0 Å². The number of hydrogen-bond donors (Lipinski definition) is 1. The molecule has 142 valence electrons. The second-order valence-corrected chi connectivity index (χ2v) is 10.5. The fraction of sp³-hybridized carbons (Fsp3) is 0.111. The molecule has 0 spiro atoms. The molecule has 2 aromatic carbocycles. The van der Waals surface area contributed by atoms with Gasteiger partial charge in [0.15, 0.2) is 9.84 Å². The monoisotopic (exact) mass is 425 g/mol. The van der Waals surface area contributed by atoms with Gasteiger partial charge in [-0.25, -0.2) is 25.9 Å². The van der Waals surface area contributed by atoms with Crippen LogP contribution in [-0.2, 0) is 19.9 Å². The molecule has 9 heteroatoms. The Hall–Kier alpha value is -2.07. The predicted molar refractivity (Wildman–Crippen MR) is 102 cm³/mol. The van der Waals surface area contributed by atoms with E-state index in [4.69, 9.17) is 0 Å². The Labute approximate surface area is 161 Å². The van der Waals surface area contributed by atoms with E-state index in [1.165, 1.54) is 35.6 Å². The number of sulfone groups is 1. The number of nitrogens with one attached hydrogen (secondary N) is 1. The number of sulfonamides is 1. The van der Waals surface area contributed by atoms with Crippen LogP contribution in [0.1, 0.15) is 10.1 Å². The number of thiophene rings is 1. The van der Waals surface area contributed by atoms with Crippen molar-refractivity contribution in [2.75, 3.05) is 6.54 Å². The summed E-state index contributed by atoms with van der Waals surface area (Å²) in [5, 5.41) is 0.593. The first-order valence-electron chi connectivity index (χ1n) is 7.88. The molecule has 0 saturated carbocycles. The standard InChI is InChI=1S/C18H16FNO4S3/c19-14-8-10-15(11-9-14)26(21,22)18(17-7-4-12-25-17)13-20-27(23,24)16-5-2-1-3-6-16/h1-12,18,20H,13H2/t18-/m0/s1. The maximum Gasteiger partial charge on any atom is 0.240 e. The zero-order valence-electron chi connectivity index (χ0n) is 13.9. The summed E-state index contributed by atoms with van der Waals surface area (Å²) in [6.07, 6.45) is 0. The lowest BCUT2D eigenvalue weighted by Crippen LogP contribution is -2.31. The van der Waals surface area contributed by atoms with Gasteiger partial charge < -0.3 is 0 Å². The highest BCUT2D eigenvalue weighted by Gasteiger charge is 2.31. The van der Waals surface area contributed by atoms with Crippen LogP contribution in [0.2, 0.25) is 0 Å². The first-order valence-corrected chi connectivity index (χ1v) is 11.8. The molecule has 1 N–H and O–H groups in total. The van der Waals surface area contributed by atoms with Gasteiger partial charge in [-0.05, 0) is 47.8 Å². The first kappa shape index (κ1) is 19.7. The van der Waals surface area contributed by atoms with Crippen LogP contribution in [0.15, 0.2) is 81.9 Å². The average molecular weight is 426 g/mol. The molecule has 0 unspecified atom stereocenters. The summed E-state index contributed by atoms with van der Waals surface area (Å²) >= 11 is 1.21. The van der Waals surface area contributed by atoms with E-state index in [9.17, 15) is 21.2 Å². The van der Waals surface area contributed by atoms with Crippen molar-refractivity contribution in [2.24, 2.45) is 0 Å². The van der Waals surface area contributed by atoms with Gasteiger partial charge >= 0.3 is 0 Å². The Bertz CT molecular complexity index is 1100. The summed E-state index contributed by atoms with van der Waals surface area (Å²) in [7, 11) is -7.79. The van der Waals surface area contributed by atoms with Gasteiger partial charge in [0.2, 0.25) is 10.0 Å². The van der Waals surface area contributed by atoms with E-state index in [-0.39, 0.29) is 16.3 Å². The molecule has 0 saturated heterocycles. The molecule has 5 nitrogen and oxygen atoms in total. The summed E-state index contributed by atoms with van der Waals surface area (Å²) in [4.78, 5) is 0.477. The van der Waals surface area contributed by atoms with E-state index in [0.717, 1.165) is 12.1 Å². The Morgan fingerprint density at radius 2 is 1.52 bits per heavy atom. The van der Waals surface area contributed by atoms with Crippen molar-refractivity contribution in [3.8, 4) is 0 Å². The van der Waals surface area contributed by atoms with Gasteiger partial charge in [-0.2, -0.15) is 0 Å². The maximum absolute atomic E-state index is 13.2. The molecule has 1 atom stereocenters. The Balaban J connectivity index is 1.92. The second kappa shape index (κ2) is 7.89. The van der Waals surface area contributed by atoms with Crippen LogP contribution >= 0.6 is 11.3 Å². The summed E-state index contributed by atoms with van der Waals surface area (Å²) < 4.78 is 66.5. The molecule has 0 aliphatic rings. The summed E-state index contributed by atoms with van der Waals surface area (Å²) in [5.41, 5.74) is 0. The molecule has 3 rings (SSSR count). The molecular weight excluding hydrogens is 409 g/mol. The highest BCUT2D eigenvalue weighted by atomic mass is 32.2. The third-order valence-corrected chi connectivity index (χ3v) is 8.56. The molecule has 0 fully saturated rings. The number of halogens is 1. The lowest BCUT2D eigenvalue weighted by atomic mass is 10.3. The molecular formula is C18H16FNO4S3. The zero-order valence-corrected chi connectivity index (χ0v) is 16.4. The minimum absolute atomic E-state index is 0.0501. The van der Waals surface area contributed by atoms with Crippen molar-refractivity contribution in [1.29, 1.82) is 0 Å². The van der Waals surface area contributed by atoms with Crippen LogP contribution in [0, 0.1) is 5.82 Å². The minimum Gasteiger partial charge on any atom is -0.223 e. The van der Waals surface area contributed by atoms with E-state index in [1.54, 1.807) is 35.7 Å². The third-order valence-electron chi connectivity index (χ3n) is 3.89. The van der Waals surface area contributed by atoms with Crippen molar-refractivity contribution in [3.05, 3.63) is 82.8 Å². The molecule has 1 aromatic heterocycles. The Morgan fingerprint density at radius 3 is 2.11 bits per heavy atom. The summed E-state index contributed by atoms with van der Waals surface area (Å²) in [5.74, 6) is -0.550. The molecule has 0 radical (unpaired) electrons. The Kier molecular flexibility index (Phi) is 5.75. The fourth-order valence-electron chi connectivity index (χ4n) is 2.49. The molecule has 3 aromatic rings. The molecule has 0 bridgehead atoms. The van der Waals surface area contributed by atoms with E-state index in [0.29, 0.717) is 4.88 Å². The van der Waals surface area contributed by atoms with Crippen molar-refractivity contribution in [3.63, 3.8) is 0 Å². The van der Waals surface area contributed by atoms with E-state index < -0.39 is 30.9 Å². The number of hydrogen-bond acceptors (Lipinski definition) is 5. The van der Waals surface area contributed by atoms with Gasteiger partial charge in [-0.1, -0.05) is 24.3 Å². The largest absolute Gasteiger partial charge is 0.240 e. The van der Waals surface area contributed by atoms with Gasteiger partial charge in [0.1, 0.15) is 11.1 Å². The topological polar surface area (TPSA) is 80.3 Å². The summed E-state index contributed by atoms with van der Waals surface area (Å²) in [6.45, 7) is -0.336. The smallest absolute Gasteiger partial charge is 0.223 e. The van der Waals surface area contributed by atoms with Crippen molar-refractivity contribution in [1.82, 2.24) is 4.72 Å². The maximum atomic E-state index is 13.2. The van der Waals surface area contributed by atoms with Crippen molar-refractivity contribution >= 4 is 31.2 Å². The molecule has 0 aliphatic carbocycles. The zero-order chi connectivity index (χ0) is 19.5. The van der Waals surface area contributed by atoms with Crippen LogP contribution in [0.3, 0.4) is 0 Å². The third kappa shape index (κ3) is 4.44. The normalized spacial score (nSPS) is 13.4. The van der Waals surface area contributed by atoms with Crippen molar-refractivity contribution in [2.45, 2.75) is 15.0 Å². The van der Waals surface area contributed by atoms with Crippen molar-refractivity contribution < 1.29 is 21.2 Å². The van der Waals surface area contributed by atoms with Crippen LogP contribution < -0.4 is 4.72 Å². The van der Waals surface area contributed by atoms with Gasteiger partial charge in [-0.3, -0.25) is 0 Å². The van der Waals surface area contributed by atoms with Crippen LogP contribution in [0.5, 0.6) is 0 Å². The van der Waals surface area contributed by atoms with Crippen LogP contribution in [0.4, 0.5) is 4.39 Å². The van der Waals surface area contributed by atoms with E-state index in [2.05, 4.69) is 4.72 Å². The number of benzene rings is 2. The molecule has 0 amide bonds. The SMILES string of the molecule is O=S(=O)(NC[C@@H](c1cccs1)S(=O)(=O)c1ccc(F)cc1)c1ccccc1. The van der Waals surface area contributed by atoms with Gasteiger partial charge in [0.25, 0.3) is 0 Å². The number of rotatable bonds is 7. The fourth-order valence-corrected chi connectivity index (χ4v) is 6.45. The second-order valence-electron chi connectivity index (χ2n) is 5.67. The van der Waals surface area contributed by atoms with E-state index >= 15 is 0 Å². The first-order chi connectivity index (χ1) is 12.8. The molecule has 0 aliphatic heterocycles. The minimum atomic E-state index is -3.93. The highest BCUT2D eigenvalue weighted by molar-refractivity contribution is 7.92.